The molecule has 8 heteroatoms. The van der Waals surface area contributed by atoms with Crippen molar-refractivity contribution < 1.29 is 17.9 Å². The topological polar surface area (TPSA) is 75.7 Å². The van der Waals surface area contributed by atoms with Crippen LogP contribution in [0.5, 0.6) is 0 Å². The van der Waals surface area contributed by atoms with Gasteiger partial charge in [-0.1, -0.05) is 15.9 Å². The summed E-state index contributed by atoms with van der Waals surface area (Å²) < 4.78 is 30.8. The molecule has 0 saturated heterocycles. The van der Waals surface area contributed by atoms with Crippen LogP contribution < -0.4 is 4.72 Å². The fourth-order valence-corrected chi connectivity index (χ4v) is 2.33. The summed E-state index contributed by atoms with van der Waals surface area (Å²) in [5, 5.41) is 0.476. The molecule has 0 bridgehead atoms. The molecule has 0 aromatic rings. The van der Waals surface area contributed by atoms with Gasteiger partial charge in [0.15, 0.2) is 0 Å². The van der Waals surface area contributed by atoms with E-state index in [1.807, 2.05) is 4.72 Å². The number of nitrogens with zero attached hydrogens (tertiary/aromatic N) is 1. The molecule has 0 aliphatic heterocycles. The summed E-state index contributed by atoms with van der Waals surface area (Å²) in [7, 11) is -2.45. The fraction of sp³-hybridized carbons (Fsp3) is 0.875. The predicted molar refractivity (Wildman–Crippen MR) is 64.7 cm³/mol. The predicted octanol–water partition coefficient (Wildman–Crippen LogP) is 1.08. The summed E-state index contributed by atoms with van der Waals surface area (Å²) in [5.41, 5.74) is 0. The minimum Gasteiger partial charge on any atom is -0.446 e. The molecule has 1 atom stereocenters. The van der Waals surface area contributed by atoms with Gasteiger partial charge in [0, 0.05) is 18.4 Å². The standard InChI is InChI=1S/C8H17BrN2O4S/c1-6(2)15-8(12)10-16(13,14)11(4)7(3)5-9/h6-7H,5H2,1-4H3,(H,10,12). The van der Waals surface area contributed by atoms with Crippen molar-refractivity contribution in [3.63, 3.8) is 0 Å². The van der Waals surface area contributed by atoms with Crippen LogP contribution in [0, 0.1) is 0 Å². The fourth-order valence-electron chi connectivity index (χ4n) is 0.750. The van der Waals surface area contributed by atoms with Crippen LogP contribution in [0.15, 0.2) is 0 Å². The van der Waals surface area contributed by atoms with Crippen molar-refractivity contribution in [2.45, 2.75) is 32.9 Å². The maximum Gasteiger partial charge on any atom is 0.422 e. The molecule has 0 spiro atoms. The second-order valence-corrected chi connectivity index (χ2v) is 5.96. The Bertz CT molecular complexity index is 331. The van der Waals surface area contributed by atoms with Crippen molar-refractivity contribution in [2.24, 2.45) is 0 Å². The molecule has 0 aliphatic rings. The van der Waals surface area contributed by atoms with Crippen LogP contribution in [0.25, 0.3) is 0 Å². The Kier molecular flexibility index (Phi) is 6.27. The minimum atomic E-state index is -3.84. The number of nitrogens with one attached hydrogen (secondary N) is 1. The molecule has 0 aliphatic carbocycles. The molecule has 1 unspecified atom stereocenters. The second-order valence-electron chi connectivity index (χ2n) is 3.58. The average Bonchev–Trinajstić information content (AvgIpc) is 2.13. The molecular weight excluding hydrogens is 300 g/mol. The van der Waals surface area contributed by atoms with Gasteiger partial charge in [-0.3, -0.25) is 0 Å². The molecule has 0 heterocycles. The van der Waals surface area contributed by atoms with E-state index < -0.39 is 16.3 Å². The lowest BCUT2D eigenvalue weighted by molar-refractivity contribution is 0.121. The zero-order chi connectivity index (χ0) is 12.9. The summed E-state index contributed by atoms with van der Waals surface area (Å²) in [6.45, 7) is 4.98. The van der Waals surface area contributed by atoms with Crippen LogP contribution in [-0.2, 0) is 14.9 Å². The van der Waals surface area contributed by atoms with Gasteiger partial charge in [-0.05, 0) is 20.8 Å². The Morgan fingerprint density at radius 3 is 2.31 bits per heavy atom. The van der Waals surface area contributed by atoms with Crippen LogP contribution in [0.2, 0.25) is 0 Å². The van der Waals surface area contributed by atoms with Crippen molar-refractivity contribution in [3.8, 4) is 0 Å². The summed E-state index contributed by atoms with van der Waals surface area (Å²) in [5.74, 6) is 0. The van der Waals surface area contributed by atoms with E-state index >= 15 is 0 Å². The first kappa shape index (κ1) is 15.7. The van der Waals surface area contributed by atoms with Gasteiger partial charge in [-0.15, -0.1) is 0 Å². The number of alkyl halides is 1. The molecule has 96 valence electrons. The highest BCUT2D eigenvalue weighted by Crippen LogP contribution is 2.05. The summed E-state index contributed by atoms with van der Waals surface area (Å²) >= 11 is 3.16. The van der Waals surface area contributed by atoms with Gasteiger partial charge < -0.3 is 4.74 Å². The van der Waals surface area contributed by atoms with Gasteiger partial charge in [0.2, 0.25) is 0 Å². The van der Waals surface area contributed by atoms with Gasteiger partial charge >= 0.3 is 16.3 Å². The lowest BCUT2D eigenvalue weighted by Crippen LogP contribution is -2.46. The average molecular weight is 317 g/mol. The molecule has 0 aromatic heterocycles. The maximum absolute atomic E-state index is 11.6. The van der Waals surface area contributed by atoms with Gasteiger partial charge in [0.05, 0.1) is 6.10 Å². The summed E-state index contributed by atoms with van der Waals surface area (Å²) in [4.78, 5) is 11.1. The lowest BCUT2D eigenvalue weighted by Gasteiger charge is -2.22. The SMILES string of the molecule is CC(C)OC(=O)NS(=O)(=O)N(C)C(C)CBr. The summed E-state index contributed by atoms with van der Waals surface area (Å²) in [6.07, 6.45) is -1.34. The Morgan fingerprint density at radius 2 is 1.94 bits per heavy atom. The monoisotopic (exact) mass is 316 g/mol. The van der Waals surface area contributed by atoms with Crippen LogP contribution in [-0.4, -0.2) is 43.3 Å². The van der Waals surface area contributed by atoms with E-state index in [-0.39, 0.29) is 12.1 Å². The van der Waals surface area contributed by atoms with Crippen LogP contribution >= 0.6 is 15.9 Å². The van der Waals surface area contributed by atoms with Gasteiger partial charge in [0.25, 0.3) is 0 Å². The number of hydrogen-bond donors (Lipinski definition) is 1. The largest absolute Gasteiger partial charge is 0.446 e. The van der Waals surface area contributed by atoms with Gasteiger partial charge in [0.1, 0.15) is 0 Å². The van der Waals surface area contributed by atoms with E-state index in [4.69, 9.17) is 0 Å². The maximum atomic E-state index is 11.6. The Morgan fingerprint density at radius 1 is 1.44 bits per heavy atom. The van der Waals surface area contributed by atoms with E-state index in [1.165, 1.54) is 7.05 Å². The molecule has 1 amide bonds. The number of rotatable bonds is 5. The van der Waals surface area contributed by atoms with Crippen LogP contribution in [0.3, 0.4) is 0 Å². The van der Waals surface area contributed by atoms with E-state index in [2.05, 4.69) is 20.7 Å². The molecule has 1 N–H and O–H groups in total. The number of hydrogen-bond acceptors (Lipinski definition) is 4. The van der Waals surface area contributed by atoms with Crippen molar-refractivity contribution in [1.82, 2.24) is 9.03 Å². The van der Waals surface area contributed by atoms with E-state index in [0.29, 0.717) is 5.33 Å². The number of carbonyl (C=O) groups is 1. The number of amides is 1. The molecular formula is C8H17BrN2O4S. The van der Waals surface area contributed by atoms with E-state index in [0.717, 1.165) is 4.31 Å². The first-order chi connectivity index (χ1) is 7.20. The van der Waals surface area contributed by atoms with Crippen molar-refractivity contribution in [3.05, 3.63) is 0 Å². The highest BCUT2D eigenvalue weighted by atomic mass is 79.9. The third-order valence-corrected chi connectivity index (χ3v) is 4.26. The smallest absolute Gasteiger partial charge is 0.422 e. The Balaban J connectivity index is 4.52. The van der Waals surface area contributed by atoms with Gasteiger partial charge in [-0.25, -0.2) is 9.52 Å². The minimum absolute atomic E-state index is 0.260. The number of carbonyl (C=O) groups excluding carboxylic acids is 1. The van der Waals surface area contributed by atoms with Crippen molar-refractivity contribution >= 4 is 32.2 Å². The third kappa shape index (κ3) is 5.13. The first-order valence-electron chi connectivity index (χ1n) is 4.73. The van der Waals surface area contributed by atoms with Gasteiger partial charge in [-0.2, -0.15) is 12.7 Å². The lowest BCUT2D eigenvalue weighted by atomic mass is 10.4. The van der Waals surface area contributed by atoms with E-state index in [1.54, 1.807) is 20.8 Å². The molecule has 0 saturated carbocycles. The second kappa shape index (κ2) is 6.41. The quantitative estimate of drug-likeness (QED) is 0.770. The highest BCUT2D eigenvalue weighted by Gasteiger charge is 2.25. The molecule has 0 aromatic carbocycles. The van der Waals surface area contributed by atoms with Crippen molar-refractivity contribution in [1.29, 1.82) is 0 Å². The van der Waals surface area contributed by atoms with E-state index in [9.17, 15) is 13.2 Å². The van der Waals surface area contributed by atoms with Crippen LogP contribution in [0.1, 0.15) is 20.8 Å². The normalized spacial score (nSPS) is 13.9. The molecule has 0 fully saturated rings. The Hall–Kier alpha value is -0.340. The zero-order valence-electron chi connectivity index (χ0n) is 9.73. The first-order valence-corrected chi connectivity index (χ1v) is 7.29. The number of halogens is 1. The highest BCUT2D eigenvalue weighted by molar-refractivity contribution is 9.09. The molecule has 6 nitrogen and oxygen atoms in total. The Labute approximate surface area is 105 Å². The molecule has 16 heavy (non-hydrogen) atoms. The van der Waals surface area contributed by atoms with Crippen LogP contribution in [0.4, 0.5) is 4.79 Å². The molecule has 0 radical (unpaired) electrons. The molecule has 0 rings (SSSR count). The third-order valence-electron chi connectivity index (χ3n) is 1.78. The van der Waals surface area contributed by atoms with Crippen molar-refractivity contribution in [2.75, 3.05) is 12.4 Å². The summed E-state index contributed by atoms with van der Waals surface area (Å²) in [6, 6.07) is -0.260. The zero-order valence-corrected chi connectivity index (χ0v) is 12.1. The number of ether oxygens (including phenoxy) is 1.